The van der Waals surface area contributed by atoms with Gasteiger partial charge < -0.3 is 9.73 Å². The van der Waals surface area contributed by atoms with E-state index < -0.39 is 0 Å². The lowest BCUT2D eigenvalue weighted by atomic mass is 10.1. The molecule has 1 atom stereocenters. The summed E-state index contributed by atoms with van der Waals surface area (Å²) in [5.41, 5.74) is 2.68. The average Bonchev–Trinajstić information content (AvgIpc) is 2.84. The van der Waals surface area contributed by atoms with Gasteiger partial charge in [-0.1, -0.05) is 36.8 Å². The molecule has 20 heavy (non-hydrogen) atoms. The highest BCUT2D eigenvalue weighted by molar-refractivity contribution is 7.99. The highest BCUT2D eigenvalue weighted by Gasteiger charge is 2.12. The Morgan fingerprint density at radius 1 is 1.25 bits per heavy atom. The van der Waals surface area contributed by atoms with Crippen molar-refractivity contribution in [3.05, 3.63) is 53.5 Å². The van der Waals surface area contributed by atoms with Gasteiger partial charge in [0, 0.05) is 16.7 Å². The van der Waals surface area contributed by atoms with Crippen LogP contribution in [0.15, 0.2) is 45.9 Å². The first kappa shape index (κ1) is 15.2. The number of nitrogens with one attached hydrogen (secondary N) is 1. The number of benzene rings is 1. The van der Waals surface area contributed by atoms with Gasteiger partial charge in [0.2, 0.25) is 0 Å². The second-order valence-electron chi connectivity index (χ2n) is 5.07. The number of rotatable bonds is 7. The first-order valence-corrected chi connectivity index (χ1v) is 8.16. The van der Waals surface area contributed by atoms with Crippen molar-refractivity contribution < 1.29 is 4.42 Å². The summed E-state index contributed by atoms with van der Waals surface area (Å²) in [6.45, 7) is 7.41. The van der Waals surface area contributed by atoms with Gasteiger partial charge in [0.05, 0.1) is 6.26 Å². The molecule has 0 aliphatic rings. The molecule has 1 aromatic heterocycles. The van der Waals surface area contributed by atoms with Gasteiger partial charge in [-0.15, -0.1) is 11.8 Å². The molecule has 0 saturated heterocycles. The molecule has 2 rings (SSSR count). The molecule has 1 heterocycles. The lowest BCUT2D eigenvalue weighted by Crippen LogP contribution is -2.24. The predicted molar refractivity (Wildman–Crippen MR) is 86.4 cm³/mol. The van der Waals surface area contributed by atoms with Crippen LogP contribution in [0.5, 0.6) is 0 Å². The molecule has 0 amide bonds. The van der Waals surface area contributed by atoms with Crippen LogP contribution in [-0.2, 0) is 0 Å². The van der Waals surface area contributed by atoms with Crippen molar-refractivity contribution in [2.75, 3.05) is 12.3 Å². The minimum atomic E-state index is 0.383. The molecule has 0 saturated carbocycles. The van der Waals surface area contributed by atoms with E-state index in [1.807, 2.05) is 24.8 Å². The van der Waals surface area contributed by atoms with Crippen LogP contribution in [0.3, 0.4) is 0 Å². The van der Waals surface area contributed by atoms with E-state index in [1.54, 1.807) is 6.26 Å². The first-order valence-electron chi connectivity index (χ1n) is 7.17. The SMILES string of the molecule is CCCNC(CSc1ccoc1C)c1cccc(C)c1. The van der Waals surface area contributed by atoms with E-state index in [2.05, 4.69) is 43.4 Å². The van der Waals surface area contributed by atoms with Gasteiger partial charge in [-0.2, -0.15) is 0 Å². The minimum Gasteiger partial charge on any atom is -0.468 e. The molecule has 1 unspecified atom stereocenters. The fourth-order valence-corrected chi connectivity index (χ4v) is 3.23. The lowest BCUT2D eigenvalue weighted by Gasteiger charge is -2.19. The van der Waals surface area contributed by atoms with Crippen molar-refractivity contribution >= 4 is 11.8 Å². The van der Waals surface area contributed by atoms with Crippen LogP contribution in [0.2, 0.25) is 0 Å². The van der Waals surface area contributed by atoms with Crippen molar-refractivity contribution in [1.82, 2.24) is 5.32 Å². The van der Waals surface area contributed by atoms with Gasteiger partial charge in [-0.3, -0.25) is 0 Å². The predicted octanol–water partition coefficient (Wildman–Crippen LogP) is 4.73. The third-order valence-corrected chi connectivity index (χ3v) is 4.54. The molecule has 0 fully saturated rings. The van der Waals surface area contributed by atoms with E-state index in [4.69, 9.17) is 4.42 Å². The maximum Gasteiger partial charge on any atom is 0.114 e. The summed E-state index contributed by atoms with van der Waals surface area (Å²) in [4.78, 5) is 1.24. The van der Waals surface area contributed by atoms with Gasteiger partial charge in [-0.05, 0) is 38.4 Å². The molecule has 0 spiro atoms. The summed E-state index contributed by atoms with van der Waals surface area (Å²) < 4.78 is 5.36. The maximum atomic E-state index is 5.36. The zero-order chi connectivity index (χ0) is 14.4. The number of furan rings is 1. The molecule has 1 N–H and O–H groups in total. The Hall–Kier alpha value is -1.19. The van der Waals surface area contributed by atoms with E-state index in [0.717, 1.165) is 24.5 Å². The molecule has 0 bridgehead atoms. The number of hydrogen-bond donors (Lipinski definition) is 1. The Bertz CT molecular complexity index is 535. The smallest absolute Gasteiger partial charge is 0.114 e. The summed E-state index contributed by atoms with van der Waals surface area (Å²) in [7, 11) is 0. The van der Waals surface area contributed by atoms with E-state index >= 15 is 0 Å². The van der Waals surface area contributed by atoms with E-state index in [1.165, 1.54) is 16.0 Å². The summed E-state index contributed by atoms with van der Waals surface area (Å²) in [5, 5.41) is 3.64. The van der Waals surface area contributed by atoms with Crippen molar-refractivity contribution in [3.8, 4) is 0 Å². The molecule has 108 valence electrons. The Balaban J connectivity index is 2.05. The van der Waals surface area contributed by atoms with Gasteiger partial charge in [-0.25, -0.2) is 0 Å². The van der Waals surface area contributed by atoms with Gasteiger partial charge in [0.1, 0.15) is 5.76 Å². The topological polar surface area (TPSA) is 25.2 Å². The second-order valence-corrected chi connectivity index (χ2v) is 6.13. The largest absolute Gasteiger partial charge is 0.468 e. The molecule has 2 nitrogen and oxygen atoms in total. The van der Waals surface area contributed by atoms with Crippen LogP contribution >= 0.6 is 11.8 Å². The van der Waals surface area contributed by atoms with Gasteiger partial charge in [0.15, 0.2) is 0 Å². The van der Waals surface area contributed by atoms with E-state index in [0.29, 0.717) is 6.04 Å². The normalized spacial score (nSPS) is 12.6. The fourth-order valence-electron chi connectivity index (χ4n) is 2.17. The van der Waals surface area contributed by atoms with Crippen LogP contribution in [0.25, 0.3) is 0 Å². The summed E-state index contributed by atoms with van der Waals surface area (Å²) in [6.07, 6.45) is 2.91. The summed E-state index contributed by atoms with van der Waals surface area (Å²) >= 11 is 1.86. The number of hydrogen-bond acceptors (Lipinski definition) is 3. The monoisotopic (exact) mass is 289 g/mol. The lowest BCUT2D eigenvalue weighted by molar-refractivity contribution is 0.526. The molecule has 3 heteroatoms. The molecule has 0 aliphatic carbocycles. The third kappa shape index (κ3) is 4.15. The number of aryl methyl sites for hydroxylation is 2. The Morgan fingerprint density at radius 3 is 2.75 bits per heavy atom. The molecular weight excluding hydrogens is 266 g/mol. The van der Waals surface area contributed by atoms with Crippen molar-refractivity contribution in [3.63, 3.8) is 0 Å². The van der Waals surface area contributed by atoms with Crippen LogP contribution in [0.4, 0.5) is 0 Å². The van der Waals surface area contributed by atoms with Crippen molar-refractivity contribution in [1.29, 1.82) is 0 Å². The van der Waals surface area contributed by atoms with Crippen molar-refractivity contribution in [2.45, 2.75) is 38.1 Å². The van der Waals surface area contributed by atoms with Crippen LogP contribution in [-0.4, -0.2) is 12.3 Å². The maximum absolute atomic E-state index is 5.36. The minimum absolute atomic E-state index is 0.383. The first-order chi connectivity index (χ1) is 9.70. The molecule has 2 aromatic rings. The van der Waals surface area contributed by atoms with Crippen LogP contribution in [0, 0.1) is 13.8 Å². The standard InChI is InChI=1S/C17H23NOS/c1-4-9-18-16(15-7-5-6-13(2)11-15)12-20-17-8-10-19-14(17)3/h5-8,10-11,16,18H,4,9,12H2,1-3H3. The highest BCUT2D eigenvalue weighted by Crippen LogP contribution is 2.28. The van der Waals surface area contributed by atoms with E-state index in [9.17, 15) is 0 Å². The molecular formula is C17H23NOS. The fraction of sp³-hybridized carbons (Fsp3) is 0.412. The number of thioether (sulfide) groups is 1. The van der Waals surface area contributed by atoms with Crippen LogP contribution in [0.1, 0.15) is 36.3 Å². The quantitative estimate of drug-likeness (QED) is 0.746. The highest BCUT2D eigenvalue weighted by atomic mass is 32.2. The Kier molecular flexibility index (Phi) is 5.74. The second kappa shape index (κ2) is 7.55. The molecule has 1 aromatic carbocycles. The molecule has 0 radical (unpaired) electrons. The van der Waals surface area contributed by atoms with Gasteiger partial charge >= 0.3 is 0 Å². The van der Waals surface area contributed by atoms with Crippen molar-refractivity contribution in [2.24, 2.45) is 0 Å². The zero-order valence-corrected chi connectivity index (χ0v) is 13.3. The van der Waals surface area contributed by atoms with Crippen LogP contribution < -0.4 is 5.32 Å². The summed E-state index contributed by atoms with van der Waals surface area (Å²) in [6, 6.07) is 11.2. The third-order valence-electron chi connectivity index (χ3n) is 3.30. The Morgan fingerprint density at radius 2 is 2.10 bits per heavy atom. The molecule has 0 aliphatic heterocycles. The van der Waals surface area contributed by atoms with E-state index in [-0.39, 0.29) is 0 Å². The zero-order valence-electron chi connectivity index (χ0n) is 12.5. The Labute approximate surface area is 126 Å². The average molecular weight is 289 g/mol. The summed E-state index contributed by atoms with van der Waals surface area (Å²) in [5.74, 6) is 2.03. The van der Waals surface area contributed by atoms with Gasteiger partial charge in [0.25, 0.3) is 0 Å².